The number of benzene rings is 1. The summed E-state index contributed by atoms with van der Waals surface area (Å²) in [5.74, 6) is 2.12. The molecule has 3 rings (SSSR count). The Labute approximate surface area is 129 Å². The van der Waals surface area contributed by atoms with Crippen LogP contribution in [0.2, 0.25) is 0 Å². The molecule has 112 valence electrons. The maximum Gasteiger partial charge on any atom is 0.191 e. The number of hydrogen-bond donors (Lipinski definition) is 0. The summed E-state index contributed by atoms with van der Waals surface area (Å²) >= 11 is 1.57. The molecule has 0 spiro atoms. The summed E-state index contributed by atoms with van der Waals surface area (Å²) in [6.07, 6.45) is 5.02. The van der Waals surface area contributed by atoms with Gasteiger partial charge in [-0.05, 0) is 31.4 Å². The average molecular weight is 305 g/mol. The molecule has 0 unspecified atom stereocenters. The van der Waals surface area contributed by atoms with Crippen molar-refractivity contribution in [2.24, 2.45) is 0 Å². The molecule has 1 heterocycles. The third kappa shape index (κ3) is 3.12. The average Bonchev–Trinajstić information content (AvgIpc) is 3.15. The molecular formula is C16H20FN3S. The molecule has 21 heavy (non-hydrogen) atoms. The molecule has 5 heteroatoms. The summed E-state index contributed by atoms with van der Waals surface area (Å²) in [5.41, 5.74) is 0.718. The minimum Gasteiger partial charge on any atom is -0.306 e. The van der Waals surface area contributed by atoms with Crippen molar-refractivity contribution < 1.29 is 4.39 Å². The zero-order valence-corrected chi connectivity index (χ0v) is 13.1. The van der Waals surface area contributed by atoms with E-state index in [1.807, 2.05) is 12.1 Å². The zero-order chi connectivity index (χ0) is 14.7. The monoisotopic (exact) mass is 305 g/mol. The Hall–Kier alpha value is -1.36. The topological polar surface area (TPSA) is 30.7 Å². The van der Waals surface area contributed by atoms with Gasteiger partial charge in [-0.25, -0.2) is 4.39 Å². The third-order valence-electron chi connectivity index (χ3n) is 4.10. The van der Waals surface area contributed by atoms with Crippen LogP contribution < -0.4 is 0 Å². The second kappa shape index (κ2) is 6.60. The lowest BCUT2D eigenvalue weighted by Crippen LogP contribution is -2.06. The highest BCUT2D eigenvalue weighted by molar-refractivity contribution is 7.98. The van der Waals surface area contributed by atoms with Crippen LogP contribution in [0.15, 0.2) is 29.4 Å². The first-order valence-corrected chi connectivity index (χ1v) is 8.57. The molecule has 1 saturated carbocycles. The van der Waals surface area contributed by atoms with E-state index in [2.05, 4.69) is 21.7 Å². The van der Waals surface area contributed by atoms with Gasteiger partial charge in [0.25, 0.3) is 0 Å². The van der Waals surface area contributed by atoms with E-state index >= 15 is 0 Å². The van der Waals surface area contributed by atoms with Crippen molar-refractivity contribution in [2.75, 3.05) is 0 Å². The Morgan fingerprint density at radius 1 is 1.24 bits per heavy atom. The molecule has 0 radical (unpaired) electrons. The SMILES string of the molecule is CCn1c(SCc2ccccc2F)nnc1C1CCCC1. The summed E-state index contributed by atoms with van der Waals surface area (Å²) in [6, 6.07) is 6.92. The van der Waals surface area contributed by atoms with Crippen molar-refractivity contribution in [3.63, 3.8) is 0 Å². The van der Waals surface area contributed by atoms with E-state index in [1.165, 1.54) is 31.7 Å². The van der Waals surface area contributed by atoms with Gasteiger partial charge >= 0.3 is 0 Å². The molecule has 0 amide bonds. The Kier molecular flexibility index (Phi) is 4.58. The van der Waals surface area contributed by atoms with Gasteiger partial charge in [0.15, 0.2) is 5.16 Å². The van der Waals surface area contributed by atoms with Crippen molar-refractivity contribution in [1.29, 1.82) is 0 Å². The number of nitrogens with zero attached hydrogens (tertiary/aromatic N) is 3. The summed E-state index contributed by atoms with van der Waals surface area (Å²) < 4.78 is 15.9. The van der Waals surface area contributed by atoms with Crippen LogP contribution in [0.5, 0.6) is 0 Å². The van der Waals surface area contributed by atoms with E-state index in [0.29, 0.717) is 11.7 Å². The highest BCUT2D eigenvalue weighted by Gasteiger charge is 2.24. The molecule has 0 atom stereocenters. The molecule has 1 aromatic carbocycles. The second-order valence-corrected chi connectivity index (χ2v) is 6.39. The smallest absolute Gasteiger partial charge is 0.191 e. The lowest BCUT2D eigenvalue weighted by Gasteiger charge is -2.11. The number of aromatic nitrogens is 3. The molecule has 0 N–H and O–H groups in total. The normalized spacial score (nSPS) is 15.7. The minimum absolute atomic E-state index is 0.149. The largest absolute Gasteiger partial charge is 0.306 e. The number of hydrogen-bond acceptors (Lipinski definition) is 3. The second-order valence-electron chi connectivity index (χ2n) is 5.45. The van der Waals surface area contributed by atoms with Crippen LogP contribution in [-0.4, -0.2) is 14.8 Å². The molecule has 3 nitrogen and oxygen atoms in total. The fraction of sp³-hybridized carbons (Fsp3) is 0.500. The van der Waals surface area contributed by atoms with Gasteiger partial charge in [-0.2, -0.15) is 0 Å². The van der Waals surface area contributed by atoms with Crippen LogP contribution in [0.25, 0.3) is 0 Å². The maximum absolute atomic E-state index is 13.7. The Morgan fingerprint density at radius 3 is 2.71 bits per heavy atom. The summed E-state index contributed by atoms with van der Waals surface area (Å²) in [6.45, 7) is 2.99. The van der Waals surface area contributed by atoms with Gasteiger partial charge in [-0.15, -0.1) is 10.2 Å². The predicted octanol–water partition coefficient (Wildman–Crippen LogP) is 4.39. The van der Waals surface area contributed by atoms with Crippen molar-refractivity contribution in [2.45, 2.75) is 56.0 Å². The molecule has 0 aliphatic heterocycles. The molecule has 0 bridgehead atoms. The predicted molar refractivity (Wildman–Crippen MR) is 82.9 cm³/mol. The lowest BCUT2D eigenvalue weighted by atomic mass is 10.1. The Balaban J connectivity index is 1.75. The highest BCUT2D eigenvalue weighted by Crippen LogP contribution is 2.34. The first-order chi connectivity index (χ1) is 10.3. The van der Waals surface area contributed by atoms with Gasteiger partial charge in [-0.1, -0.05) is 42.8 Å². The van der Waals surface area contributed by atoms with Gasteiger partial charge in [0.1, 0.15) is 11.6 Å². The fourth-order valence-electron chi connectivity index (χ4n) is 2.95. The van der Waals surface area contributed by atoms with E-state index in [0.717, 1.165) is 23.1 Å². The molecule has 1 aliphatic rings. The van der Waals surface area contributed by atoms with Crippen molar-refractivity contribution in [3.8, 4) is 0 Å². The van der Waals surface area contributed by atoms with Gasteiger partial charge < -0.3 is 4.57 Å². The van der Waals surface area contributed by atoms with Crippen LogP contribution in [0.1, 0.15) is 49.9 Å². The molecule has 1 fully saturated rings. The van der Waals surface area contributed by atoms with Crippen LogP contribution in [0.3, 0.4) is 0 Å². The summed E-state index contributed by atoms with van der Waals surface area (Å²) in [7, 11) is 0. The van der Waals surface area contributed by atoms with E-state index < -0.39 is 0 Å². The number of rotatable bonds is 5. The summed E-state index contributed by atoms with van der Waals surface area (Å²) in [4.78, 5) is 0. The van der Waals surface area contributed by atoms with Crippen LogP contribution in [0, 0.1) is 5.82 Å². The lowest BCUT2D eigenvalue weighted by molar-refractivity contribution is 0.575. The number of halogens is 1. The molecule has 1 aliphatic carbocycles. The van der Waals surface area contributed by atoms with Gasteiger partial charge in [0.05, 0.1) is 0 Å². The first-order valence-electron chi connectivity index (χ1n) is 7.59. The van der Waals surface area contributed by atoms with Crippen LogP contribution >= 0.6 is 11.8 Å². The summed E-state index contributed by atoms with van der Waals surface area (Å²) in [5, 5.41) is 9.64. The highest BCUT2D eigenvalue weighted by atomic mass is 32.2. The van der Waals surface area contributed by atoms with Gasteiger partial charge in [0, 0.05) is 18.2 Å². The van der Waals surface area contributed by atoms with Crippen molar-refractivity contribution in [1.82, 2.24) is 14.8 Å². The van der Waals surface area contributed by atoms with Gasteiger partial charge in [0.2, 0.25) is 0 Å². The van der Waals surface area contributed by atoms with Crippen LogP contribution in [-0.2, 0) is 12.3 Å². The zero-order valence-electron chi connectivity index (χ0n) is 12.3. The fourth-order valence-corrected chi connectivity index (χ4v) is 3.94. The molecule has 2 aromatic rings. The third-order valence-corrected chi connectivity index (χ3v) is 5.11. The number of thioether (sulfide) groups is 1. The van der Waals surface area contributed by atoms with Crippen molar-refractivity contribution in [3.05, 3.63) is 41.5 Å². The first kappa shape index (κ1) is 14.6. The Morgan fingerprint density at radius 2 is 2.00 bits per heavy atom. The van der Waals surface area contributed by atoms with E-state index in [-0.39, 0.29) is 5.82 Å². The molecule has 1 aromatic heterocycles. The Bertz CT molecular complexity index is 605. The van der Waals surface area contributed by atoms with E-state index in [1.54, 1.807) is 17.8 Å². The maximum atomic E-state index is 13.7. The standard InChI is InChI=1S/C16H20FN3S/c1-2-20-15(12-7-3-4-8-12)18-19-16(20)21-11-13-9-5-6-10-14(13)17/h5-6,9-10,12H,2-4,7-8,11H2,1H3. The minimum atomic E-state index is -0.149. The van der Waals surface area contributed by atoms with E-state index in [4.69, 9.17) is 0 Å². The van der Waals surface area contributed by atoms with E-state index in [9.17, 15) is 4.39 Å². The molecule has 0 saturated heterocycles. The van der Waals surface area contributed by atoms with Crippen LogP contribution in [0.4, 0.5) is 4.39 Å². The quantitative estimate of drug-likeness (QED) is 0.768. The molecular weight excluding hydrogens is 285 g/mol. The van der Waals surface area contributed by atoms with Gasteiger partial charge in [-0.3, -0.25) is 0 Å². The van der Waals surface area contributed by atoms with Crippen molar-refractivity contribution >= 4 is 11.8 Å².